The van der Waals surface area contributed by atoms with Crippen LogP contribution in [-0.4, -0.2) is 59.2 Å². The number of rotatable bonds is 7. The molecule has 1 aliphatic heterocycles. The van der Waals surface area contributed by atoms with E-state index in [1.807, 2.05) is 30.3 Å². The molecular weight excluding hydrogens is 422 g/mol. The van der Waals surface area contributed by atoms with E-state index in [9.17, 15) is 9.59 Å². The van der Waals surface area contributed by atoms with E-state index in [-0.39, 0.29) is 17.7 Å². The first-order valence-electron chi connectivity index (χ1n) is 10.8. The Labute approximate surface area is 192 Å². The van der Waals surface area contributed by atoms with Gasteiger partial charge in [-0.2, -0.15) is 5.10 Å². The van der Waals surface area contributed by atoms with Gasteiger partial charge in [-0.15, -0.1) is 0 Å². The maximum atomic E-state index is 12.9. The van der Waals surface area contributed by atoms with Gasteiger partial charge in [0.2, 0.25) is 5.91 Å². The van der Waals surface area contributed by atoms with Crippen LogP contribution in [0.5, 0.6) is 11.5 Å². The number of nitrogens with one attached hydrogen (secondary N) is 2. The minimum atomic E-state index is -0.149. The Morgan fingerprint density at radius 2 is 1.76 bits per heavy atom. The summed E-state index contributed by atoms with van der Waals surface area (Å²) in [6.07, 6.45) is 4.58. The van der Waals surface area contributed by atoms with Gasteiger partial charge in [-0.3, -0.25) is 19.7 Å². The van der Waals surface area contributed by atoms with Gasteiger partial charge in [0.25, 0.3) is 5.91 Å². The zero-order valence-electron chi connectivity index (χ0n) is 18.7. The Morgan fingerprint density at radius 3 is 2.39 bits per heavy atom. The molecule has 3 aromatic rings. The van der Waals surface area contributed by atoms with Crippen molar-refractivity contribution in [2.75, 3.05) is 27.3 Å². The van der Waals surface area contributed by atoms with Crippen LogP contribution in [0.25, 0.3) is 11.3 Å². The van der Waals surface area contributed by atoms with Crippen molar-refractivity contribution in [2.24, 2.45) is 5.92 Å². The summed E-state index contributed by atoms with van der Waals surface area (Å²) in [4.78, 5) is 31.4. The number of aromatic nitrogens is 3. The van der Waals surface area contributed by atoms with Crippen LogP contribution in [0.1, 0.15) is 28.9 Å². The molecule has 0 spiro atoms. The summed E-state index contributed by atoms with van der Waals surface area (Å²) in [6.45, 7) is 1.34. The minimum absolute atomic E-state index is 0.0310. The summed E-state index contributed by atoms with van der Waals surface area (Å²) in [5, 5.41) is 10.1. The van der Waals surface area contributed by atoms with E-state index in [1.54, 1.807) is 37.6 Å². The molecule has 0 aliphatic carbocycles. The monoisotopic (exact) mass is 449 g/mol. The molecule has 9 heteroatoms. The fourth-order valence-corrected chi connectivity index (χ4v) is 4.04. The van der Waals surface area contributed by atoms with Crippen LogP contribution in [0.2, 0.25) is 0 Å². The third-order valence-corrected chi connectivity index (χ3v) is 5.91. The number of hydrogen-bond acceptors (Lipinski definition) is 6. The SMILES string of the molecule is COc1cccc(OC)c1CNC(=O)C1CCN(C(=O)c2cc(-c3ccncc3)n[nH]2)CC1. The zero-order valence-corrected chi connectivity index (χ0v) is 18.7. The second-order valence-electron chi connectivity index (χ2n) is 7.83. The smallest absolute Gasteiger partial charge is 0.271 e. The summed E-state index contributed by atoms with van der Waals surface area (Å²) in [5.74, 6) is 1.04. The molecule has 0 bridgehead atoms. The van der Waals surface area contributed by atoms with Gasteiger partial charge in [0.1, 0.15) is 17.2 Å². The number of carbonyl (C=O) groups is 2. The van der Waals surface area contributed by atoms with E-state index in [0.717, 1.165) is 11.1 Å². The van der Waals surface area contributed by atoms with E-state index >= 15 is 0 Å². The first-order chi connectivity index (χ1) is 16.1. The standard InChI is InChI=1S/C24H27N5O4/c1-32-21-4-3-5-22(33-2)18(21)15-26-23(30)17-8-12-29(13-9-17)24(31)20-14-19(27-28-20)16-6-10-25-11-7-16/h3-7,10-11,14,17H,8-9,12-13,15H2,1-2H3,(H,26,30)(H,27,28). The average Bonchev–Trinajstić information content (AvgIpc) is 3.37. The van der Waals surface area contributed by atoms with Gasteiger partial charge in [0.15, 0.2) is 0 Å². The Kier molecular flexibility index (Phi) is 6.87. The number of H-pyrrole nitrogens is 1. The predicted octanol–water partition coefficient (Wildman–Crippen LogP) is 2.66. The topological polar surface area (TPSA) is 109 Å². The highest BCUT2D eigenvalue weighted by Gasteiger charge is 2.29. The molecule has 0 saturated carbocycles. The van der Waals surface area contributed by atoms with Crippen LogP contribution in [0.4, 0.5) is 0 Å². The number of carbonyl (C=O) groups excluding carboxylic acids is 2. The summed E-state index contributed by atoms with van der Waals surface area (Å²) in [6, 6.07) is 10.9. The van der Waals surface area contributed by atoms with Gasteiger partial charge < -0.3 is 19.7 Å². The van der Waals surface area contributed by atoms with Gasteiger partial charge >= 0.3 is 0 Å². The fourth-order valence-electron chi connectivity index (χ4n) is 4.04. The Morgan fingerprint density at radius 1 is 1.09 bits per heavy atom. The minimum Gasteiger partial charge on any atom is -0.496 e. The molecule has 172 valence electrons. The lowest BCUT2D eigenvalue weighted by atomic mass is 9.95. The number of ether oxygens (including phenoxy) is 2. The third-order valence-electron chi connectivity index (χ3n) is 5.91. The van der Waals surface area contributed by atoms with Gasteiger partial charge in [0.05, 0.1) is 32.0 Å². The molecule has 1 aliphatic rings. The van der Waals surface area contributed by atoms with E-state index in [2.05, 4.69) is 20.5 Å². The highest BCUT2D eigenvalue weighted by Crippen LogP contribution is 2.28. The van der Waals surface area contributed by atoms with E-state index < -0.39 is 0 Å². The van der Waals surface area contributed by atoms with Crippen molar-refractivity contribution in [3.05, 3.63) is 60.0 Å². The number of amides is 2. The van der Waals surface area contributed by atoms with Crippen molar-refractivity contribution in [1.29, 1.82) is 0 Å². The van der Waals surface area contributed by atoms with Gasteiger partial charge in [-0.25, -0.2) is 0 Å². The molecule has 9 nitrogen and oxygen atoms in total. The lowest BCUT2D eigenvalue weighted by molar-refractivity contribution is -0.126. The molecule has 0 unspecified atom stereocenters. The van der Waals surface area contributed by atoms with E-state index in [1.165, 1.54) is 0 Å². The first-order valence-corrected chi connectivity index (χ1v) is 10.8. The number of hydrogen-bond donors (Lipinski definition) is 2. The van der Waals surface area contributed by atoms with Crippen LogP contribution in [-0.2, 0) is 11.3 Å². The number of benzene rings is 1. The lowest BCUT2D eigenvalue weighted by Gasteiger charge is -2.31. The summed E-state index contributed by atoms with van der Waals surface area (Å²) in [7, 11) is 3.18. The van der Waals surface area contributed by atoms with Crippen molar-refractivity contribution in [1.82, 2.24) is 25.4 Å². The van der Waals surface area contributed by atoms with Crippen molar-refractivity contribution in [2.45, 2.75) is 19.4 Å². The third kappa shape index (κ3) is 4.97. The molecule has 3 heterocycles. The molecule has 4 rings (SSSR count). The average molecular weight is 450 g/mol. The van der Waals surface area contributed by atoms with Gasteiger partial charge in [-0.05, 0) is 43.2 Å². The number of methoxy groups -OCH3 is 2. The molecule has 1 aromatic carbocycles. The van der Waals surface area contributed by atoms with Crippen LogP contribution >= 0.6 is 0 Å². The largest absolute Gasteiger partial charge is 0.496 e. The summed E-state index contributed by atoms with van der Waals surface area (Å²) < 4.78 is 10.8. The second-order valence-corrected chi connectivity index (χ2v) is 7.83. The maximum absolute atomic E-state index is 12.9. The number of likely N-dealkylation sites (tertiary alicyclic amines) is 1. The number of nitrogens with zero attached hydrogens (tertiary/aromatic N) is 3. The molecule has 0 radical (unpaired) electrons. The zero-order chi connectivity index (χ0) is 23.2. The maximum Gasteiger partial charge on any atom is 0.271 e. The van der Waals surface area contributed by atoms with E-state index in [4.69, 9.17) is 9.47 Å². The number of pyridine rings is 1. The molecule has 0 atom stereocenters. The van der Waals surface area contributed by atoms with Crippen molar-refractivity contribution in [3.8, 4) is 22.8 Å². The Hall–Kier alpha value is -3.88. The van der Waals surface area contributed by atoms with Gasteiger partial charge in [0, 0.05) is 37.0 Å². The number of aromatic amines is 1. The Bertz CT molecular complexity index is 1080. The van der Waals surface area contributed by atoms with Crippen molar-refractivity contribution >= 4 is 11.8 Å². The fraction of sp³-hybridized carbons (Fsp3) is 0.333. The second kappa shape index (κ2) is 10.2. The number of piperidine rings is 1. The molecule has 33 heavy (non-hydrogen) atoms. The normalized spacial score (nSPS) is 14.1. The van der Waals surface area contributed by atoms with Crippen LogP contribution in [0, 0.1) is 5.92 Å². The predicted molar refractivity (Wildman–Crippen MR) is 122 cm³/mol. The highest BCUT2D eigenvalue weighted by molar-refractivity contribution is 5.93. The lowest BCUT2D eigenvalue weighted by Crippen LogP contribution is -2.43. The molecule has 2 N–H and O–H groups in total. The molecule has 2 amide bonds. The highest BCUT2D eigenvalue weighted by atomic mass is 16.5. The molecule has 2 aromatic heterocycles. The van der Waals surface area contributed by atoms with Crippen LogP contribution < -0.4 is 14.8 Å². The van der Waals surface area contributed by atoms with Crippen molar-refractivity contribution in [3.63, 3.8) is 0 Å². The molecule has 1 fully saturated rings. The first kappa shape index (κ1) is 22.3. The molecule has 1 saturated heterocycles. The quantitative estimate of drug-likeness (QED) is 0.574. The van der Waals surface area contributed by atoms with Crippen molar-refractivity contribution < 1.29 is 19.1 Å². The van der Waals surface area contributed by atoms with Crippen LogP contribution in [0.3, 0.4) is 0 Å². The van der Waals surface area contributed by atoms with Crippen LogP contribution in [0.15, 0.2) is 48.8 Å². The van der Waals surface area contributed by atoms with E-state index in [0.29, 0.717) is 55.4 Å². The Balaban J connectivity index is 1.31. The summed E-state index contributed by atoms with van der Waals surface area (Å²) in [5.41, 5.74) is 2.82. The summed E-state index contributed by atoms with van der Waals surface area (Å²) >= 11 is 0. The molecular formula is C24H27N5O4. The van der Waals surface area contributed by atoms with Gasteiger partial charge in [-0.1, -0.05) is 6.07 Å².